The number of aromatic nitrogens is 1. The summed E-state index contributed by atoms with van der Waals surface area (Å²) in [6.45, 7) is 1.98. The number of hydrogen-bond acceptors (Lipinski definition) is 5. The van der Waals surface area contributed by atoms with Crippen LogP contribution in [0.2, 0.25) is 0 Å². The quantitative estimate of drug-likeness (QED) is 0.904. The smallest absolute Gasteiger partial charge is 0.256 e. The lowest BCUT2D eigenvalue weighted by atomic mass is 9.95. The van der Waals surface area contributed by atoms with Crippen molar-refractivity contribution in [2.75, 3.05) is 16.8 Å². The normalized spacial score (nSPS) is 17.2. The third-order valence-electron chi connectivity index (χ3n) is 3.80. The van der Waals surface area contributed by atoms with Crippen molar-refractivity contribution in [1.29, 1.82) is 0 Å². The van der Waals surface area contributed by atoms with Crippen molar-refractivity contribution < 1.29 is 9.90 Å². The molecule has 0 spiro atoms. The minimum Gasteiger partial charge on any atom is -0.380 e. The summed E-state index contributed by atoms with van der Waals surface area (Å²) >= 11 is 3.39. The summed E-state index contributed by atoms with van der Waals surface area (Å²) in [5.74, 6) is 1.35. The molecule has 3 rings (SSSR count). The zero-order valence-electron chi connectivity index (χ0n) is 12.3. The largest absolute Gasteiger partial charge is 0.380 e. The van der Waals surface area contributed by atoms with Gasteiger partial charge in [-0.25, -0.2) is 4.98 Å². The molecule has 0 bridgehead atoms. The van der Waals surface area contributed by atoms with Gasteiger partial charge in [0.15, 0.2) is 0 Å². The lowest BCUT2D eigenvalue weighted by Gasteiger charge is -2.30. The fourth-order valence-electron chi connectivity index (χ4n) is 2.40. The first kappa shape index (κ1) is 15.5. The molecular weight excluding hydrogens is 316 g/mol. The minimum absolute atomic E-state index is 0.301. The number of hydrogen-bond donors (Lipinski definition) is 2. The number of anilines is 1. The highest BCUT2D eigenvalue weighted by Crippen LogP contribution is 2.29. The van der Waals surface area contributed by atoms with E-state index >= 15 is 0 Å². The maximum atomic E-state index is 12.3. The molecule has 1 fully saturated rings. The van der Waals surface area contributed by atoms with Gasteiger partial charge in [0.25, 0.3) is 5.91 Å². The molecule has 0 atom stereocenters. The summed E-state index contributed by atoms with van der Waals surface area (Å²) in [6.07, 6.45) is 1.03. The van der Waals surface area contributed by atoms with Crippen LogP contribution in [-0.4, -0.2) is 33.1 Å². The van der Waals surface area contributed by atoms with Gasteiger partial charge in [-0.3, -0.25) is 4.79 Å². The summed E-state index contributed by atoms with van der Waals surface area (Å²) in [7, 11) is 0. The molecule has 2 heterocycles. The molecule has 6 heteroatoms. The van der Waals surface area contributed by atoms with Crippen LogP contribution in [0.25, 0.3) is 11.3 Å². The van der Waals surface area contributed by atoms with Crippen LogP contribution in [0.4, 0.5) is 5.69 Å². The van der Waals surface area contributed by atoms with Crippen molar-refractivity contribution in [3.8, 4) is 11.3 Å². The molecule has 1 aliphatic rings. The third-order valence-corrected chi connectivity index (χ3v) is 5.56. The molecule has 22 heavy (non-hydrogen) atoms. The molecule has 0 unspecified atom stereocenters. The summed E-state index contributed by atoms with van der Waals surface area (Å²) in [5.41, 5.74) is 1.45. The molecule has 2 aromatic rings. The molecule has 0 radical (unpaired) electrons. The molecule has 1 aromatic carbocycles. The Kier molecular flexibility index (Phi) is 4.52. The minimum atomic E-state index is -1.23. The molecule has 1 amide bonds. The van der Waals surface area contributed by atoms with Gasteiger partial charge in [-0.1, -0.05) is 12.1 Å². The van der Waals surface area contributed by atoms with E-state index in [0.29, 0.717) is 18.5 Å². The van der Waals surface area contributed by atoms with E-state index in [-0.39, 0.29) is 5.91 Å². The van der Waals surface area contributed by atoms with E-state index in [2.05, 4.69) is 10.3 Å². The summed E-state index contributed by atoms with van der Waals surface area (Å²) < 4.78 is 0. The Bertz CT molecular complexity index is 661. The van der Waals surface area contributed by atoms with Crippen molar-refractivity contribution in [1.82, 2.24) is 4.98 Å². The highest BCUT2D eigenvalue weighted by atomic mass is 32.2. The van der Waals surface area contributed by atoms with Crippen LogP contribution >= 0.6 is 23.1 Å². The first-order valence-corrected chi connectivity index (χ1v) is 9.24. The van der Waals surface area contributed by atoms with Gasteiger partial charge in [0.05, 0.1) is 10.7 Å². The van der Waals surface area contributed by atoms with E-state index in [4.69, 9.17) is 0 Å². The van der Waals surface area contributed by atoms with Crippen molar-refractivity contribution in [3.05, 3.63) is 34.7 Å². The Morgan fingerprint density at radius 3 is 2.55 bits per heavy atom. The van der Waals surface area contributed by atoms with Crippen molar-refractivity contribution in [2.24, 2.45) is 0 Å². The van der Waals surface area contributed by atoms with Gasteiger partial charge in [-0.2, -0.15) is 11.8 Å². The van der Waals surface area contributed by atoms with Gasteiger partial charge in [-0.05, 0) is 43.4 Å². The topological polar surface area (TPSA) is 62.2 Å². The van der Waals surface area contributed by atoms with E-state index in [9.17, 15) is 9.90 Å². The van der Waals surface area contributed by atoms with E-state index in [0.717, 1.165) is 27.8 Å². The maximum absolute atomic E-state index is 12.3. The molecule has 116 valence electrons. The third kappa shape index (κ3) is 3.34. The Labute approximate surface area is 138 Å². The van der Waals surface area contributed by atoms with Gasteiger partial charge in [0.2, 0.25) is 0 Å². The zero-order valence-corrected chi connectivity index (χ0v) is 14.0. The van der Waals surface area contributed by atoms with Crippen LogP contribution in [0.5, 0.6) is 0 Å². The molecule has 1 aliphatic heterocycles. The second-order valence-corrected chi connectivity index (χ2v) is 7.71. The van der Waals surface area contributed by atoms with E-state index in [1.165, 1.54) is 0 Å². The average molecular weight is 334 g/mol. The van der Waals surface area contributed by atoms with Crippen molar-refractivity contribution in [3.63, 3.8) is 0 Å². The van der Waals surface area contributed by atoms with Crippen LogP contribution in [0, 0.1) is 6.92 Å². The van der Waals surface area contributed by atoms with E-state index in [1.807, 2.05) is 36.6 Å². The van der Waals surface area contributed by atoms with Gasteiger partial charge in [0.1, 0.15) is 5.60 Å². The predicted molar refractivity (Wildman–Crippen MR) is 92.4 cm³/mol. The number of rotatable bonds is 3. The number of amides is 1. The fourth-order valence-corrected chi connectivity index (χ4v) is 4.19. The van der Waals surface area contributed by atoms with Gasteiger partial charge in [-0.15, -0.1) is 11.3 Å². The van der Waals surface area contributed by atoms with Crippen molar-refractivity contribution in [2.45, 2.75) is 25.4 Å². The number of carbonyl (C=O) groups excluding carboxylic acids is 1. The highest BCUT2D eigenvalue weighted by Gasteiger charge is 2.37. The van der Waals surface area contributed by atoms with Crippen LogP contribution in [0.15, 0.2) is 29.6 Å². The summed E-state index contributed by atoms with van der Waals surface area (Å²) in [6, 6.07) is 7.57. The SMILES string of the molecule is Cc1nc(-c2ccc(NC(=O)C3(O)CCSCC3)cc2)cs1. The Morgan fingerprint density at radius 1 is 1.27 bits per heavy atom. The molecule has 0 saturated carbocycles. The molecule has 1 aromatic heterocycles. The number of aryl methyl sites for hydroxylation is 1. The van der Waals surface area contributed by atoms with Crippen LogP contribution < -0.4 is 5.32 Å². The van der Waals surface area contributed by atoms with Crippen LogP contribution in [-0.2, 0) is 4.79 Å². The van der Waals surface area contributed by atoms with Crippen LogP contribution in [0.1, 0.15) is 17.8 Å². The number of nitrogens with one attached hydrogen (secondary N) is 1. The number of thioether (sulfide) groups is 1. The first-order valence-electron chi connectivity index (χ1n) is 7.21. The number of carbonyl (C=O) groups is 1. The summed E-state index contributed by atoms with van der Waals surface area (Å²) in [4.78, 5) is 16.7. The molecule has 4 nitrogen and oxygen atoms in total. The number of nitrogens with zero attached hydrogens (tertiary/aromatic N) is 1. The summed E-state index contributed by atoms with van der Waals surface area (Å²) in [5, 5.41) is 16.3. The standard InChI is InChI=1S/C16H18N2O2S2/c1-11-17-14(10-22-11)12-2-4-13(5-3-12)18-15(19)16(20)6-8-21-9-7-16/h2-5,10,20H,6-9H2,1H3,(H,18,19). The van der Waals surface area contributed by atoms with Gasteiger partial charge in [0, 0.05) is 16.6 Å². The molecule has 0 aliphatic carbocycles. The van der Waals surface area contributed by atoms with Gasteiger partial charge >= 0.3 is 0 Å². The van der Waals surface area contributed by atoms with Crippen molar-refractivity contribution >= 4 is 34.7 Å². The molecular formula is C16H18N2O2S2. The molecule has 2 N–H and O–H groups in total. The van der Waals surface area contributed by atoms with E-state index < -0.39 is 5.60 Å². The Hall–Kier alpha value is -1.37. The fraction of sp³-hybridized carbons (Fsp3) is 0.375. The highest BCUT2D eigenvalue weighted by molar-refractivity contribution is 7.99. The van der Waals surface area contributed by atoms with E-state index in [1.54, 1.807) is 23.1 Å². The molecule has 1 saturated heterocycles. The monoisotopic (exact) mass is 334 g/mol. The first-order chi connectivity index (χ1) is 10.6. The maximum Gasteiger partial charge on any atom is 0.256 e. The van der Waals surface area contributed by atoms with Gasteiger partial charge < -0.3 is 10.4 Å². The predicted octanol–water partition coefficient (Wildman–Crippen LogP) is 3.32. The van der Waals surface area contributed by atoms with Crippen LogP contribution in [0.3, 0.4) is 0 Å². The Morgan fingerprint density at radius 2 is 1.95 bits per heavy atom. The lowest BCUT2D eigenvalue weighted by molar-refractivity contribution is -0.134. The number of thiazole rings is 1. The Balaban J connectivity index is 1.69. The number of aliphatic hydroxyl groups is 1. The number of benzene rings is 1. The second-order valence-electron chi connectivity index (χ2n) is 5.43. The second kappa shape index (κ2) is 6.40. The average Bonchev–Trinajstić information content (AvgIpc) is 2.95. The lowest BCUT2D eigenvalue weighted by Crippen LogP contribution is -2.45. The zero-order chi connectivity index (χ0) is 15.6.